The van der Waals surface area contributed by atoms with Crippen molar-refractivity contribution in [1.29, 1.82) is 0 Å². The first-order chi connectivity index (χ1) is 10.1. The first-order valence-corrected chi connectivity index (χ1v) is 6.94. The Hall–Kier alpha value is -2.33. The van der Waals surface area contributed by atoms with E-state index in [1.807, 2.05) is 61.5 Å². The number of hydrogen-bond acceptors (Lipinski definition) is 3. The van der Waals surface area contributed by atoms with Crippen molar-refractivity contribution < 1.29 is 9.53 Å². The average molecular weight is 284 g/mol. The molecule has 0 aliphatic carbocycles. The number of carbonyl (C=O) groups is 1. The van der Waals surface area contributed by atoms with Crippen LogP contribution < -0.4 is 15.8 Å². The molecule has 2 rings (SSSR count). The van der Waals surface area contributed by atoms with Crippen molar-refractivity contribution in [3.63, 3.8) is 0 Å². The van der Waals surface area contributed by atoms with Crippen LogP contribution in [0.15, 0.2) is 54.6 Å². The molecule has 3 N–H and O–H groups in total. The molecule has 1 atom stereocenters. The molecule has 4 nitrogen and oxygen atoms in total. The highest BCUT2D eigenvalue weighted by Gasteiger charge is 2.04. The monoisotopic (exact) mass is 284 g/mol. The molecule has 0 aliphatic rings. The highest BCUT2D eigenvalue weighted by Crippen LogP contribution is 2.15. The van der Waals surface area contributed by atoms with Crippen LogP contribution in [0.5, 0.6) is 5.75 Å². The van der Waals surface area contributed by atoms with Crippen LogP contribution in [0.2, 0.25) is 0 Å². The summed E-state index contributed by atoms with van der Waals surface area (Å²) in [6, 6.07) is 17.2. The number of amides is 1. The van der Waals surface area contributed by atoms with Crippen molar-refractivity contribution in [2.45, 2.75) is 19.5 Å². The highest BCUT2D eigenvalue weighted by atomic mass is 16.5. The number of nitrogens with two attached hydrogens (primary N) is 1. The fourth-order valence-electron chi connectivity index (χ4n) is 1.86. The molecule has 0 fully saturated rings. The molecular weight excluding hydrogens is 264 g/mol. The van der Waals surface area contributed by atoms with E-state index in [2.05, 4.69) is 5.32 Å². The lowest BCUT2D eigenvalue weighted by atomic mass is 10.1. The Balaban J connectivity index is 1.76. The van der Waals surface area contributed by atoms with E-state index in [9.17, 15) is 4.79 Å². The fraction of sp³-hybridized carbons (Fsp3) is 0.235. The first kappa shape index (κ1) is 15.1. The van der Waals surface area contributed by atoms with E-state index < -0.39 is 0 Å². The van der Waals surface area contributed by atoms with Gasteiger partial charge in [-0.05, 0) is 30.2 Å². The molecule has 1 amide bonds. The van der Waals surface area contributed by atoms with E-state index in [0.717, 1.165) is 11.1 Å². The zero-order chi connectivity index (χ0) is 15.1. The zero-order valence-corrected chi connectivity index (χ0v) is 12.1. The number of ether oxygens (including phenoxy) is 1. The predicted octanol–water partition coefficient (Wildman–Crippen LogP) is 2.40. The van der Waals surface area contributed by atoms with E-state index in [1.54, 1.807) is 0 Å². The molecule has 4 heteroatoms. The molecule has 2 aromatic carbocycles. The molecule has 2 aromatic rings. The summed E-state index contributed by atoms with van der Waals surface area (Å²) in [4.78, 5) is 11.7. The second-order valence-corrected chi connectivity index (χ2v) is 4.91. The molecule has 0 unspecified atom stereocenters. The Morgan fingerprint density at radius 2 is 1.81 bits per heavy atom. The van der Waals surface area contributed by atoms with Crippen LogP contribution in [-0.4, -0.2) is 12.5 Å². The lowest BCUT2D eigenvalue weighted by molar-refractivity contribution is -0.123. The van der Waals surface area contributed by atoms with E-state index in [-0.39, 0.29) is 18.6 Å². The van der Waals surface area contributed by atoms with Gasteiger partial charge in [-0.3, -0.25) is 4.79 Å². The van der Waals surface area contributed by atoms with E-state index in [1.165, 1.54) is 0 Å². The molecule has 0 spiro atoms. The maximum atomic E-state index is 11.7. The van der Waals surface area contributed by atoms with Gasteiger partial charge in [0.05, 0.1) is 0 Å². The van der Waals surface area contributed by atoms with Gasteiger partial charge in [-0.25, -0.2) is 0 Å². The molecule has 0 radical (unpaired) electrons. The minimum Gasteiger partial charge on any atom is -0.484 e. The summed E-state index contributed by atoms with van der Waals surface area (Å²) in [5.74, 6) is 0.518. The smallest absolute Gasteiger partial charge is 0.258 e. The summed E-state index contributed by atoms with van der Waals surface area (Å²) >= 11 is 0. The van der Waals surface area contributed by atoms with Gasteiger partial charge < -0.3 is 15.8 Å². The number of nitrogens with one attached hydrogen (secondary N) is 1. The minimum atomic E-state index is -0.143. The summed E-state index contributed by atoms with van der Waals surface area (Å²) < 4.78 is 5.44. The van der Waals surface area contributed by atoms with E-state index in [4.69, 9.17) is 10.5 Å². The third-order valence-electron chi connectivity index (χ3n) is 3.11. The summed E-state index contributed by atoms with van der Waals surface area (Å²) in [5.41, 5.74) is 7.88. The number of carbonyl (C=O) groups excluding carboxylic acids is 1. The third kappa shape index (κ3) is 4.93. The van der Waals surface area contributed by atoms with Crippen LogP contribution in [0.4, 0.5) is 0 Å². The van der Waals surface area contributed by atoms with Gasteiger partial charge in [-0.15, -0.1) is 0 Å². The van der Waals surface area contributed by atoms with Gasteiger partial charge in [0, 0.05) is 12.6 Å². The van der Waals surface area contributed by atoms with Gasteiger partial charge in [0.25, 0.3) is 5.91 Å². The highest BCUT2D eigenvalue weighted by molar-refractivity contribution is 5.77. The van der Waals surface area contributed by atoms with Gasteiger partial charge in [-0.2, -0.15) is 0 Å². The first-order valence-electron chi connectivity index (χ1n) is 6.94. The van der Waals surface area contributed by atoms with E-state index in [0.29, 0.717) is 12.3 Å². The Morgan fingerprint density at radius 3 is 2.43 bits per heavy atom. The Bertz CT molecular complexity index is 565. The topological polar surface area (TPSA) is 64.3 Å². The summed E-state index contributed by atoms with van der Waals surface area (Å²) in [7, 11) is 0. The van der Waals surface area contributed by atoms with Crippen LogP contribution in [0.1, 0.15) is 24.1 Å². The molecular formula is C17H20N2O2. The van der Waals surface area contributed by atoms with Crippen LogP contribution in [0.25, 0.3) is 0 Å². The molecule has 0 bridgehead atoms. The van der Waals surface area contributed by atoms with Crippen molar-refractivity contribution in [3.05, 3.63) is 65.7 Å². The van der Waals surface area contributed by atoms with Gasteiger partial charge >= 0.3 is 0 Å². The number of benzene rings is 2. The molecule has 0 heterocycles. The molecule has 0 aromatic heterocycles. The van der Waals surface area contributed by atoms with Gasteiger partial charge in [-0.1, -0.05) is 42.5 Å². The lowest BCUT2D eigenvalue weighted by Gasteiger charge is -2.09. The van der Waals surface area contributed by atoms with Crippen molar-refractivity contribution in [2.24, 2.45) is 5.73 Å². The summed E-state index contributed by atoms with van der Waals surface area (Å²) in [5, 5.41) is 2.81. The molecule has 0 aliphatic heterocycles. The quantitative estimate of drug-likeness (QED) is 0.856. The average Bonchev–Trinajstić information content (AvgIpc) is 2.52. The van der Waals surface area contributed by atoms with Crippen LogP contribution in [-0.2, 0) is 11.3 Å². The normalized spacial score (nSPS) is 11.7. The summed E-state index contributed by atoms with van der Waals surface area (Å²) in [6.07, 6.45) is 0. The third-order valence-corrected chi connectivity index (χ3v) is 3.11. The van der Waals surface area contributed by atoms with Crippen molar-refractivity contribution in [1.82, 2.24) is 5.32 Å². The Morgan fingerprint density at radius 1 is 1.14 bits per heavy atom. The van der Waals surface area contributed by atoms with E-state index >= 15 is 0 Å². The molecule has 110 valence electrons. The van der Waals surface area contributed by atoms with Gasteiger partial charge in [0.2, 0.25) is 0 Å². The maximum Gasteiger partial charge on any atom is 0.258 e. The van der Waals surface area contributed by atoms with Crippen molar-refractivity contribution in [3.8, 4) is 5.75 Å². The lowest BCUT2D eigenvalue weighted by Crippen LogP contribution is -2.28. The fourth-order valence-corrected chi connectivity index (χ4v) is 1.86. The van der Waals surface area contributed by atoms with Crippen LogP contribution in [0.3, 0.4) is 0 Å². The second kappa shape index (κ2) is 7.45. The van der Waals surface area contributed by atoms with Gasteiger partial charge in [0.15, 0.2) is 6.61 Å². The largest absolute Gasteiger partial charge is 0.484 e. The molecule has 0 saturated heterocycles. The minimum absolute atomic E-state index is 0.00432. The maximum absolute atomic E-state index is 11.7. The number of rotatable bonds is 6. The SMILES string of the molecule is C[C@H](N)c1ccc(OCC(=O)NCc2ccccc2)cc1. The Labute approximate surface area is 124 Å². The van der Waals surface area contributed by atoms with Crippen molar-refractivity contribution >= 4 is 5.91 Å². The molecule has 21 heavy (non-hydrogen) atoms. The standard InChI is InChI=1S/C17H20N2O2/c1-13(18)15-7-9-16(10-8-15)21-12-17(20)19-11-14-5-3-2-4-6-14/h2-10,13H,11-12,18H2,1H3,(H,19,20)/t13-/m0/s1. The van der Waals surface area contributed by atoms with Crippen molar-refractivity contribution in [2.75, 3.05) is 6.61 Å². The molecule has 0 saturated carbocycles. The Kier molecular flexibility index (Phi) is 5.35. The van der Waals surface area contributed by atoms with Crippen LogP contribution in [0, 0.1) is 0 Å². The van der Waals surface area contributed by atoms with Gasteiger partial charge in [0.1, 0.15) is 5.75 Å². The number of hydrogen-bond donors (Lipinski definition) is 2. The second-order valence-electron chi connectivity index (χ2n) is 4.91. The summed E-state index contributed by atoms with van der Waals surface area (Å²) in [6.45, 7) is 2.43. The van der Waals surface area contributed by atoms with Crippen LogP contribution >= 0.6 is 0 Å². The zero-order valence-electron chi connectivity index (χ0n) is 12.1. The predicted molar refractivity (Wildman–Crippen MR) is 82.8 cm³/mol.